The normalized spacial score (nSPS) is 11.8. The van der Waals surface area contributed by atoms with Crippen LogP contribution < -0.4 is 5.43 Å². The summed E-state index contributed by atoms with van der Waals surface area (Å²) in [5.41, 5.74) is 3.64. The second-order valence-electron chi connectivity index (χ2n) is 6.82. The van der Waals surface area contributed by atoms with Crippen molar-refractivity contribution < 1.29 is 13.2 Å². The molecule has 0 aliphatic rings. The number of amides is 1. The number of carbonyl (C=O) groups excluding carboxylic acids is 1. The van der Waals surface area contributed by atoms with Crippen LogP contribution in [0.15, 0.2) is 81.2 Å². The van der Waals surface area contributed by atoms with E-state index in [4.69, 9.17) is 34.8 Å². The highest BCUT2D eigenvalue weighted by molar-refractivity contribution is 9.10. The maximum atomic E-state index is 13.3. The fourth-order valence-electron chi connectivity index (χ4n) is 2.75. The van der Waals surface area contributed by atoms with Crippen molar-refractivity contribution in [3.63, 3.8) is 0 Å². The minimum Gasteiger partial charge on any atom is -0.272 e. The zero-order valence-corrected chi connectivity index (χ0v) is 21.6. The maximum Gasteiger partial charge on any atom is 0.255 e. The lowest BCUT2D eigenvalue weighted by molar-refractivity contribution is -0.121. The molecule has 1 N–H and O–H groups in total. The number of benzene rings is 3. The Morgan fingerprint density at radius 2 is 1.64 bits per heavy atom. The first-order chi connectivity index (χ1) is 15.6. The highest BCUT2D eigenvalue weighted by atomic mass is 79.9. The fraction of sp³-hybridized carbons (Fsp3) is 0.0909. The molecule has 0 aliphatic heterocycles. The predicted molar refractivity (Wildman–Crippen MR) is 135 cm³/mol. The molecular formula is C22H17BrCl3N3O3S. The largest absolute Gasteiger partial charge is 0.272 e. The van der Waals surface area contributed by atoms with Gasteiger partial charge in [0.1, 0.15) is 0 Å². The Hall–Kier alpha value is -1.94. The first-order valence-electron chi connectivity index (χ1n) is 9.42. The highest BCUT2D eigenvalue weighted by Gasteiger charge is 2.27. The van der Waals surface area contributed by atoms with Gasteiger partial charge in [0, 0.05) is 16.0 Å². The van der Waals surface area contributed by atoms with Crippen LogP contribution in [0.4, 0.5) is 0 Å². The highest BCUT2D eigenvalue weighted by Crippen LogP contribution is 2.25. The van der Waals surface area contributed by atoms with E-state index in [0.717, 1.165) is 14.3 Å². The molecule has 3 rings (SSSR count). The third-order valence-electron chi connectivity index (χ3n) is 4.39. The first kappa shape index (κ1) is 25.7. The summed E-state index contributed by atoms with van der Waals surface area (Å²) in [5.74, 6) is -0.610. The van der Waals surface area contributed by atoms with Crippen molar-refractivity contribution in [2.75, 3.05) is 6.54 Å². The molecule has 0 unspecified atom stereocenters. The minimum atomic E-state index is -4.01. The van der Waals surface area contributed by atoms with Gasteiger partial charge in [0.05, 0.1) is 27.7 Å². The van der Waals surface area contributed by atoms with Crippen molar-refractivity contribution in [2.24, 2.45) is 5.10 Å². The third-order valence-corrected chi connectivity index (χ3v) is 7.71. The summed E-state index contributed by atoms with van der Waals surface area (Å²) in [6, 6.07) is 17.7. The molecule has 11 heteroatoms. The van der Waals surface area contributed by atoms with E-state index < -0.39 is 22.5 Å². The predicted octanol–water partition coefficient (Wildman–Crippen LogP) is 5.75. The lowest BCUT2D eigenvalue weighted by Crippen LogP contribution is -2.39. The van der Waals surface area contributed by atoms with Gasteiger partial charge in [0.2, 0.25) is 10.0 Å². The lowest BCUT2D eigenvalue weighted by atomic mass is 10.2. The van der Waals surface area contributed by atoms with Crippen LogP contribution in [-0.2, 0) is 21.4 Å². The van der Waals surface area contributed by atoms with E-state index in [1.165, 1.54) is 18.3 Å². The van der Waals surface area contributed by atoms with E-state index in [9.17, 15) is 13.2 Å². The standard InChI is InChI=1S/C22H17BrCl3N3O3S/c23-17-4-8-19(9-5-17)33(31,32)29(13-16-3-10-20(25)21(26)11-16)14-22(30)28-27-12-15-1-6-18(24)7-2-15/h1-12H,13-14H2,(H,28,30)/b27-12+. The Balaban J connectivity index is 1.81. The van der Waals surface area contributed by atoms with Crippen LogP contribution in [0.2, 0.25) is 15.1 Å². The minimum absolute atomic E-state index is 0.0447. The van der Waals surface area contributed by atoms with Gasteiger partial charge in [-0.3, -0.25) is 4.79 Å². The first-order valence-corrected chi connectivity index (χ1v) is 12.8. The van der Waals surface area contributed by atoms with E-state index >= 15 is 0 Å². The van der Waals surface area contributed by atoms with Crippen molar-refractivity contribution in [1.82, 2.24) is 9.73 Å². The van der Waals surface area contributed by atoms with Gasteiger partial charge in [0.15, 0.2) is 0 Å². The van der Waals surface area contributed by atoms with Gasteiger partial charge in [-0.25, -0.2) is 13.8 Å². The van der Waals surface area contributed by atoms with E-state index in [0.29, 0.717) is 15.6 Å². The number of hydrogen-bond acceptors (Lipinski definition) is 4. The van der Waals surface area contributed by atoms with Crippen molar-refractivity contribution in [1.29, 1.82) is 0 Å². The smallest absolute Gasteiger partial charge is 0.255 e. The molecule has 0 aliphatic carbocycles. The zero-order chi connectivity index (χ0) is 24.0. The van der Waals surface area contributed by atoms with E-state index in [1.807, 2.05) is 0 Å². The summed E-state index contributed by atoms with van der Waals surface area (Å²) < 4.78 is 28.3. The molecule has 0 fully saturated rings. The summed E-state index contributed by atoms with van der Waals surface area (Å²) in [5, 5.41) is 5.09. The molecule has 3 aromatic rings. The molecule has 0 aromatic heterocycles. The number of nitrogens with one attached hydrogen (secondary N) is 1. The molecule has 0 saturated heterocycles. The topological polar surface area (TPSA) is 78.8 Å². The number of hydrazone groups is 1. The van der Waals surface area contributed by atoms with Gasteiger partial charge >= 0.3 is 0 Å². The average Bonchev–Trinajstić information content (AvgIpc) is 2.77. The summed E-state index contributed by atoms with van der Waals surface area (Å²) in [4.78, 5) is 12.6. The SMILES string of the molecule is O=C(CN(Cc1ccc(Cl)c(Cl)c1)S(=O)(=O)c1ccc(Br)cc1)N/N=C/c1ccc(Cl)cc1. The lowest BCUT2D eigenvalue weighted by Gasteiger charge is -2.22. The van der Waals surface area contributed by atoms with Crippen molar-refractivity contribution in [3.8, 4) is 0 Å². The Kier molecular flexibility index (Phi) is 8.92. The molecule has 1 amide bonds. The van der Waals surface area contributed by atoms with E-state index in [-0.39, 0.29) is 16.5 Å². The van der Waals surface area contributed by atoms with Crippen LogP contribution in [-0.4, -0.2) is 31.4 Å². The molecular weight excluding hydrogens is 573 g/mol. The number of hydrogen-bond donors (Lipinski definition) is 1. The molecule has 0 radical (unpaired) electrons. The monoisotopic (exact) mass is 587 g/mol. The average molecular weight is 590 g/mol. The third kappa shape index (κ3) is 7.27. The van der Waals surface area contributed by atoms with Crippen molar-refractivity contribution in [2.45, 2.75) is 11.4 Å². The van der Waals surface area contributed by atoms with Crippen LogP contribution in [0, 0.1) is 0 Å². The van der Waals surface area contributed by atoms with E-state index in [1.54, 1.807) is 54.6 Å². The molecule has 0 heterocycles. The number of sulfonamides is 1. The Labute approximate surface area is 215 Å². The van der Waals surface area contributed by atoms with Gasteiger partial charge < -0.3 is 0 Å². The van der Waals surface area contributed by atoms with Crippen LogP contribution in [0.5, 0.6) is 0 Å². The van der Waals surface area contributed by atoms with Crippen molar-refractivity contribution in [3.05, 3.63) is 97.4 Å². The Morgan fingerprint density at radius 1 is 0.970 bits per heavy atom. The zero-order valence-electron chi connectivity index (χ0n) is 16.9. The second kappa shape index (κ2) is 11.5. The van der Waals surface area contributed by atoms with E-state index in [2.05, 4.69) is 26.5 Å². The molecule has 0 atom stereocenters. The van der Waals surface area contributed by atoms with Crippen LogP contribution >= 0.6 is 50.7 Å². The quantitative estimate of drug-likeness (QED) is 0.269. The van der Waals surface area contributed by atoms with Crippen LogP contribution in [0.3, 0.4) is 0 Å². The van der Waals surface area contributed by atoms with Gasteiger partial charge in [-0.2, -0.15) is 9.41 Å². The van der Waals surface area contributed by atoms with Gasteiger partial charge in [-0.1, -0.05) is 68.9 Å². The summed E-state index contributed by atoms with van der Waals surface area (Å²) in [6.45, 7) is -0.555. The molecule has 33 heavy (non-hydrogen) atoms. The Morgan fingerprint density at radius 3 is 2.27 bits per heavy atom. The molecule has 6 nitrogen and oxygen atoms in total. The summed E-state index contributed by atoms with van der Waals surface area (Å²) in [6.07, 6.45) is 1.43. The van der Waals surface area contributed by atoms with Gasteiger partial charge in [-0.15, -0.1) is 0 Å². The number of carbonyl (C=O) groups is 1. The maximum absolute atomic E-state index is 13.3. The number of rotatable bonds is 8. The molecule has 172 valence electrons. The number of halogens is 4. The summed E-state index contributed by atoms with van der Waals surface area (Å²) >= 11 is 21.2. The van der Waals surface area contributed by atoms with Crippen LogP contribution in [0.25, 0.3) is 0 Å². The molecule has 0 saturated carbocycles. The number of nitrogens with zero attached hydrogens (tertiary/aromatic N) is 2. The van der Waals surface area contributed by atoms with Crippen molar-refractivity contribution >= 4 is 72.9 Å². The van der Waals surface area contributed by atoms with Gasteiger partial charge in [0.25, 0.3) is 5.91 Å². The van der Waals surface area contributed by atoms with Crippen LogP contribution in [0.1, 0.15) is 11.1 Å². The molecule has 3 aromatic carbocycles. The second-order valence-corrected chi connectivity index (χ2v) is 10.9. The summed E-state index contributed by atoms with van der Waals surface area (Å²) in [7, 11) is -4.01. The van der Waals surface area contributed by atoms with Gasteiger partial charge in [-0.05, 0) is 59.7 Å². The Bertz CT molecular complexity index is 1270. The molecule has 0 bridgehead atoms. The molecule has 0 spiro atoms. The fourth-order valence-corrected chi connectivity index (χ4v) is 4.84.